The van der Waals surface area contributed by atoms with Crippen LogP contribution in [0.4, 0.5) is 8.78 Å². The molecule has 0 spiro atoms. The van der Waals surface area contributed by atoms with E-state index in [4.69, 9.17) is 0 Å². The number of benzene rings is 1. The van der Waals surface area contributed by atoms with Crippen molar-refractivity contribution in [3.05, 3.63) is 35.4 Å². The number of hydrogen-bond donors (Lipinski definition) is 1. The van der Waals surface area contributed by atoms with Crippen LogP contribution in [0, 0.1) is 17.0 Å². The fourth-order valence-corrected chi connectivity index (χ4v) is 2.14. The Morgan fingerprint density at radius 3 is 2.69 bits per heavy atom. The van der Waals surface area contributed by atoms with Crippen molar-refractivity contribution in [3.8, 4) is 0 Å². The Hall–Kier alpha value is -0.960. The zero-order valence-corrected chi connectivity index (χ0v) is 9.52. The molecular weight excluding hydrogens is 208 g/mol. The second kappa shape index (κ2) is 4.50. The Balaban J connectivity index is 1.87. The molecule has 1 aliphatic carbocycles. The van der Waals surface area contributed by atoms with Gasteiger partial charge in [0, 0.05) is 18.7 Å². The van der Waals surface area contributed by atoms with Crippen LogP contribution >= 0.6 is 0 Å². The first-order chi connectivity index (χ1) is 7.61. The van der Waals surface area contributed by atoms with Crippen molar-refractivity contribution in [1.29, 1.82) is 0 Å². The van der Waals surface area contributed by atoms with E-state index in [2.05, 4.69) is 12.2 Å². The van der Waals surface area contributed by atoms with Gasteiger partial charge >= 0.3 is 0 Å². The maximum absolute atomic E-state index is 13.3. The van der Waals surface area contributed by atoms with E-state index in [-0.39, 0.29) is 0 Å². The summed E-state index contributed by atoms with van der Waals surface area (Å²) in [7, 11) is 0. The van der Waals surface area contributed by atoms with Crippen molar-refractivity contribution in [2.24, 2.45) is 5.41 Å². The molecule has 1 N–H and O–H groups in total. The summed E-state index contributed by atoms with van der Waals surface area (Å²) in [6, 6.07) is 4.31. The normalized spacial score (nSPS) is 18.2. The predicted octanol–water partition coefficient (Wildman–Crippen LogP) is 3.24. The predicted molar refractivity (Wildman–Crippen MR) is 60.0 cm³/mol. The zero-order chi connectivity index (χ0) is 11.6. The van der Waals surface area contributed by atoms with Gasteiger partial charge in [-0.15, -0.1) is 0 Å². The van der Waals surface area contributed by atoms with Crippen molar-refractivity contribution in [2.45, 2.75) is 32.7 Å². The van der Waals surface area contributed by atoms with Crippen LogP contribution in [0.2, 0.25) is 0 Å². The van der Waals surface area contributed by atoms with Crippen LogP contribution in [-0.2, 0) is 6.54 Å². The van der Waals surface area contributed by atoms with Crippen molar-refractivity contribution in [2.75, 3.05) is 6.54 Å². The lowest BCUT2D eigenvalue weighted by Gasteiger charge is -2.38. The molecule has 0 radical (unpaired) electrons. The Morgan fingerprint density at radius 2 is 2.06 bits per heavy atom. The summed E-state index contributed by atoms with van der Waals surface area (Å²) >= 11 is 0. The molecule has 1 aromatic rings. The van der Waals surface area contributed by atoms with Gasteiger partial charge in [0.05, 0.1) is 0 Å². The highest BCUT2D eigenvalue weighted by Crippen LogP contribution is 2.39. The van der Waals surface area contributed by atoms with Crippen molar-refractivity contribution < 1.29 is 8.78 Å². The minimum atomic E-state index is -0.769. The molecule has 1 saturated carbocycles. The summed E-state index contributed by atoms with van der Waals surface area (Å²) in [6.07, 6.45) is 3.74. The monoisotopic (exact) mass is 225 g/mol. The van der Waals surface area contributed by atoms with Gasteiger partial charge in [-0.1, -0.05) is 25.5 Å². The minimum absolute atomic E-state index is 0.365. The molecule has 0 amide bonds. The molecule has 1 nitrogen and oxygen atoms in total. The molecule has 2 rings (SSSR count). The molecule has 0 bridgehead atoms. The van der Waals surface area contributed by atoms with Crippen molar-refractivity contribution >= 4 is 0 Å². The lowest BCUT2D eigenvalue weighted by molar-refractivity contribution is 0.156. The topological polar surface area (TPSA) is 12.0 Å². The third-order valence-corrected chi connectivity index (χ3v) is 3.46. The van der Waals surface area contributed by atoms with Gasteiger partial charge in [0.1, 0.15) is 0 Å². The average Bonchev–Trinajstić information content (AvgIpc) is 2.22. The second-order valence-electron chi connectivity index (χ2n) is 4.98. The Morgan fingerprint density at radius 1 is 1.31 bits per heavy atom. The minimum Gasteiger partial charge on any atom is -0.312 e. The Kier molecular flexibility index (Phi) is 3.24. The zero-order valence-electron chi connectivity index (χ0n) is 9.52. The summed E-state index contributed by atoms with van der Waals surface area (Å²) in [5.74, 6) is -1.50. The highest BCUT2D eigenvalue weighted by atomic mass is 19.2. The van der Waals surface area contributed by atoms with E-state index in [0.29, 0.717) is 17.5 Å². The molecule has 0 aromatic heterocycles. The van der Waals surface area contributed by atoms with Gasteiger partial charge in [-0.2, -0.15) is 0 Å². The molecule has 0 heterocycles. The van der Waals surface area contributed by atoms with Gasteiger partial charge in [0.25, 0.3) is 0 Å². The SMILES string of the molecule is CC1(CNCc2cccc(F)c2F)CCC1. The van der Waals surface area contributed by atoms with Gasteiger partial charge in [-0.25, -0.2) is 8.78 Å². The summed E-state index contributed by atoms with van der Waals surface area (Å²) in [5.41, 5.74) is 0.770. The number of hydrogen-bond acceptors (Lipinski definition) is 1. The molecule has 16 heavy (non-hydrogen) atoms. The van der Waals surface area contributed by atoms with Crippen LogP contribution < -0.4 is 5.32 Å². The largest absolute Gasteiger partial charge is 0.312 e. The van der Waals surface area contributed by atoms with Crippen molar-refractivity contribution in [1.82, 2.24) is 5.32 Å². The standard InChI is InChI=1S/C13H17F2N/c1-13(6-3-7-13)9-16-8-10-4-2-5-11(14)12(10)15/h2,4-5,16H,3,6-9H2,1H3. The van der Waals surface area contributed by atoms with Gasteiger partial charge in [-0.3, -0.25) is 0 Å². The number of nitrogens with one attached hydrogen (secondary N) is 1. The average molecular weight is 225 g/mol. The van der Waals surface area contributed by atoms with Crippen LogP contribution in [0.15, 0.2) is 18.2 Å². The van der Waals surface area contributed by atoms with E-state index in [1.54, 1.807) is 12.1 Å². The fourth-order valence-electron chi connectivity index (χ4n) is 2.14. The van der Waals surface area contributed by atoms with Crippen LogP contribution in [0.3, 0.4) is 0 Å². The first-order valence-corrected chi connectivity index (χ1v) is 5.74. The van der Waals surface area contributed by atoms with Gasteiger partial charge < -0.3 is 5.32 Å². The molecule has 1 fully saturated rings. The van der Waals surface area contributed by atoms with E-state index >= 15 is 0 Å². The third kappa shape index (κ3) is 2.40. The van der Waals surface area contributed by atoms with Crippen molar-refractivity contribution in [3.63, 3.8) is 0 Å². The highest BCUT2D eigenvalue weighted by molar-refractivity contribution is 5.18. The van der Waals surface area contributed by atoms with E-state index in [0.717, 1.165) is 12.6 Å². The summed E-state index contributed by atoms with van der Waals surface area (Å²) in [4.78, 5) is 0. The molecule has 0 atom stereocenters. The lowest BCUT2D eigenvalue weighted by atomic mass is 9.70. The smallest absolute Gasteiger partial charge is 0.163 e. The van der Waals surface area contributed by atoms with Crippen LogP contribution in [0.1, 0.15) is 31.7 Å². The van der Waals surface area contributed by atoms with Gasteiger partial charge in [-0.05, 0) is 24.3 Å². The summed E-state index contributed by atoms with van der Waals surface area (Å²) in [6.45, 7) is 3.51. The molecule has 1 aliphatic rings. The van der Waals surface area contributed by atoms with E-state index < -0.39 is 11.6 Å². The third-order valence-electron chi connectivity index (χ3n) is 3.46. The molecule has 88 valence electrons. The molecule has 0 saturated heterocycles. The van der Waals surface area contributed by atoms with Crippen LogP contribution in [-0.4, -0.2) is 6.54 Å². The summed E-state index contributed by atoms with van der Waals surface area (Å²) < 4.78 is 26.2. The molecular formula is C13H17F2N. The Labute approximate surface area is 94.9 Å². The molecule has 0 unspecified atom stereocenters. The number of rotatable bonds is 4. The Bertz CT molecular complexity index is 372. The maximum Gasteiger partial charge on any atom is 0.163 e. The lowest BCUT2D eigenvalue weighted by Crippen LogP contribution is -2.37. The molecule has 3 heteroatoms. The first kappa shape index (κ1) is 11.5. The first-order valence-electron chi connectivity index (χ1n) is 5.74. The van der Waals surface area contributed by atoms with Gasteiger partial charge in [0.2, 0.25) is 0 Å². The summed E-state index contributed by atoms with van der Waals surface area (Å²) in [5, 5.41) is 3.21. The highest BCUT2D eigenvalue weighted by Gasteiger charge is 2.30. The fraction of sp³-hybridized carbons (Fsp3) is 0.538. The van der Waals surface area contributed by atoms with Crippen LogP contribution in [0.25, 0.3) is 0 Å². The van der Waals surface area contributed by atoms with E-state index in [9.17, 15) is 8.78 Å². The number of halogens is 2. The van der Waals surface area contributed by atoms with E-state index in [1.807, 2.05) is 0 Å². The quantitative estimate of drug-likeness (QED) is 0.829. The second-order valence-corrected chi connectivity index (χ2v) is 4.98. The van der Waals surface area contributed by atoms with E-state index in [1.165, 1.54) is 19.3 Å². The molecule has 0 aliphatic heterocycles. The van der Waals surface area contributed by atoms with Crippen LogP contribution in [0.5, 0.6) is 0 Å². The van der Waals surface area contributed by atoms with Gasteiger partial charge in [0.15, 0.2) is 11.6 Å². The molecule has 1 aromatic carbocycles. The maximum atomic E-state index is 13.3.